The summed E-state index contributed by atoms with van der Waals surface area (Å²) in [4.78, 5) is 23.7. The van der Waals surface area contributed by atoms with Crippen LogP contribution in [-0.4, -0.2) is 38.7 Å². The van der Waals surface area contributed by atoms with Crippen LogP contribution in [0.3, 0.4) is 0 Å². The first-order valence-corrected chi connectivity index (χ1v) is 11.1. The smallest absolute Gasteiger partial charge is 0.271 e. The van der Waals surface area contributed by atoms with E-state index in [4.69, 9.17) is 0 Å². The van der Waals surface area contributed by atoms with Gasteiger partial charge in [-0.3, -0.25) is 4.79 Å². The third-order valence-electron chi connectivity index (χ3n) is 4.94. The van der Waals surface area contributed by atoms with Crippen LogP contribution in [0.1, 0.15) is 29.9 Å². The number of thiazole rings is 1. The van der Waals surface area contributed by atoms with E-state index in [1.54, 1.807) is 22.5 Å². The number of pyridine rings is 1. The monoisotopic (exact) mass is 432 g/mol. The molecular weight excluding hydrogens is 408 g/mol. The second-order valence-electron chi connectivity index (χ2n) is 6.93. The molecule has 31 heavy (non-hydrogen) atoms. The fourth-order valence-corrected chi connectivity index (χ4v) is 3.97. The van der Waals surface area contributed by atoms with Gasteiger partial charge in [0, 0.05) is 43.0 Å². The number of nitrogens with one attached hydrogen (secondary N) is 1. The van der Waals surface area contributed by atoms with E-state index in [9.17, 15) is 4.79 Å². The summed E-state index contributed by atoms with van der Waals surface area (Å²) in [5.41, 5.74) is 3.21. The standard InChI is InChI=1S/C23H24N6OS/c1-3-28(4-2)21-11-10-17(12-24-21)13-25-22(30)20-16-31-23(27-20)18-14-26-29(15-18)19-8-6-5-7-9-19/h5-12,14-16H,3-4,13H2,1-2H3,(H,25,30). The molecule has 8 heteroatoms. The number of para-hydroxylation sites is 1. The molecule has 3 heterocycles. The second kappa shape index (κ2) is 9.53. The predicted octanol–water partition coefficient (Wildman–Crippen LogP) is 4.17. The predicted molar refractivity (Wildman–Crippen MR) is 124 cm³/mol. The van der Waals surface area contributed by atoms with Gasteiger partial charge in [0.25, 0.3) is 5.91 Å². The Kier molecular flexibility index (Phi) is 6.37. The van der Waals surface area contributed by atoms with E-state index < -0.39 is 0 Å². The highest BCUT2D eigenvalue weighted by atomic mass is 32.1. The summed E-state index contributed by atoms with van der Waals surface area (Å²) in [6.07, 6.45) is 5.48. The van der Waals surface area contributed by atoms with Crippen molar-refractivity contribution in [1.82, 2.24) is 25.1 Å². The molecule has 0 fully saturated rings. The molecule has 1 amide bonds. The van der Waals surface area contributed by atoms with Crippen LogP contribution in [0.2, 0.25) is 0 Å². The Morgan fingerprint density at radius 1 is 1.10 bits per heavy atom. The largest absolute Gasteiger partial charge is 0.357 e. The molecular formula is C23H24N6OS. The minimum atomic E-state index is -0.203. The number of rotatable bonds is 8. The van der Waals surface area contributed by atoms with Gasteiger partial charge in [0.15, 0.2) is 0 Å². The number of amides is 1. The lowest BCUT2D eigenvalue weighted by atomic mass is 10.2. The van der Waals surface area contributed by atoms with Crippen molar-refractivity contribution in [2.24, 2.45) is 0 Å². The molecule has 4 aromatic rings. The Labute approximate surface area is 185 Å². The Morgan fingerprint density at radius 2 is 1.90 bits per heavy atom. The van der Waals surface area contributed by atoms with Gasteiger partial charge in [0.1, 0.15) is 16.5 Å². The van der Waals surface area contributed by atoms with E-state index in [2.05, 4.69) is 39.1 Å². The van der Waals surface area contributed by atoms with Crippen molar-refractivity contribution < 1.29 is 4.79 Å². The van der Waals surface area contributed by atoms with E-state index in [1.807, 2.05) is 48.7 Å². The SMILES string of the molecule is CCN(CC)c1ccc(CNC(=O)c2csc(-c3cnn(-c4ccccc4)c3)n2)cn1. The average molecular weight is 433 g/mol. The highest BCUT2D eigenvalue weighted by Gasteiger charge is 2.13. The first-order chi connectivity index (χ1) is 15.2. The van der Waals surface area contributed by atoms with Crippen molar-refractivity contribution in [2.45, 2.75) is 20.4 Å². The van der Waals surface area contributed by atoms with E-state index in [0.717, 1.165) is 40.7 Å². The fraction of sp³-hybridized carbons (Fsp3) is 0.217. The van der Waals surface area contributed by atoms with Crippen LogP contribution in [0, 0.1) is 0 Å². The van der Waals surface area contributed by atoms with Crippen molar-refractivity contribution in [3.05, 3.63) is 77.7 Å². The van der Waals surface area contributed by atoms with Crippen LogP contribution >= 0.6 is 11.3 Å². The normalized spacial score (nSPS) is 10.8. The molecule has 0 spiro atoms. The van der Waals surface area contributed by atoms with Gasteiger partial charge >= 0.3 is 0 Å². The molecule has 0 unspecified atom stereocenters. The number of anilines is 1. The summed E-state index contributed by atoms with van der Waals surface area (Å²) < 4.78 is 1.80. The Balaban J connectivity index is 1.38. The van der Waals surface area contributed by atoms with Crippen molar-refractivity contribution in [3.63, 3.8) is 0 Å². The molecule has 4 rings (SSSR count). The molecule has 0 atom stereocenters. The number of hydrogen-bond donors (Lipinski definition) is 1. The molecule has 7 nitrogen and oxygen atoms in total. The first kappa shape index (κ1) is 20.7. The lowest BCUT2D eigenvalue weighted by Gasteiger charge is -2.19. The minimum absolute atomic E-state index is 0.203. The summed E-state index contributed by atoms with van der Waals surface area (Å²) in [7, 11) is 0. The van der Waals surface area contributed by atoms with Crippen LogP contribution < -0.4 is 10.2 Å². The third-order valence-corrected chi connectivity index (χ3v) is 5.83. The van der Waals surface area contributed by atoms with E-state index in [1.165, 1.54) is 11.3 Å². The Morgan fingerprint density at radius 3 is 2.61 bits per heavy atom. The molecule has 158 valence electrons. The minimum Gasteiger partial charge on any atom is -0.357 e. The zero-order valence-corrected chi connectivity index (χ0v) is 18.3. The molecule has 0 radical (unpaired) electrons. The molecule has 0 saturated heterocycles. The van der Waals surface area contributed by atoms with E-state index >= 15 is 0 Å². The number of benzene rings is 1. The van der Waals surface area contributed by atoms with Crippen molar-refractivity contribution >= 4 is 23.1 Å². The van der Waals surface area contributed by atoms with E-state index in [-0.39, 0.29) is 5.91 Å². The third kappa shape index (κ3) is 4.80. The summed E-state index contributed by atoms with van der Waals surface area (Å²) in [6.45, 7) is 6.44. The lowest BCUT2D eigenvalue weighted by Crippen LogP contribution is -2.24. The Hall–Kier alpha value is -3.52. The maximum Gasteiger partial charge on any atom is 0.271 e. The highest BCUT2D eigenvalue weighted by molar-refractivity contribution is 7.13. The summed E-state index contributed by atoms with van der Waals surface area (Å²) in [5.74, 6) is 0.742. The summed E-state index contributed by atoms with van der Waals surface area (Å²) in [6, 6.07) is 13.9. The average Bonchev–Trinajstić information content (AvgIpc) is 3.50. The summed E-state index contributed by atoms with van der Waals surface area (Å²) >= 11 is 1.43. The van der Waals surface area contributed by atoms with E-state index in [0.29, 0.717) is 12.2 Å². The van der Waals surface area contributed by atoms with Crippen LogP contribution in [-0.2, 0) is 6.54 Å². The molecule has 1 N–H and O–H groups in total. The fourth-order valence-electron chi connectivity index (χ4n) is 3.19. The Bertz CT molecular complexity index is 1130. The zero-order chi connectivity index (χ0) is 21.6. The van der Waals surface area contributed by atoms with Crippen molar-refractivity contribution in [2.75, 3.05) is 18.0 Å². The topological polar surface area (TPSA) is 75.9 Å². The zero-order valence-electron chi connectivity index (χ0n) is 17.5. The second-order valence-corrected chi connectivity index (χ2v) is 7.78. The number of hydrogen-bond acceptors (Lipinski definition) is 6. The number of carbonyl (C=O) groups excluding carboxylic acids is 1. The van der Waals surface area contributed by atoms with Gasteiger partial charge in [0.05, 0.1) is 11.9 Å². The van der Waals surface area contributed by atoms with Gasteiger partial charge in [-0.05, 0) is 37.6 Å². The van der Waals surface area contributed by atoms with Gasteiger partial charge in [-0.2, -0.15) is 5.10 Å². The molecule has 0 aliphatic carbocycles. The molecule has 0 aliphatic heterocycles. The molecule has 0 aliphatic rings. The highest BCUT2D eigenvalue weighted by Crippen LogP contribution is 2.24. The van der Waals surface area contributed by atoms with Gasteiger partial charge in [-0.15, -0.1) is 11.3 Å². The maximum absolute atomic E-state index is 12.5. The quantitative estimate of drug-likeness (QED) is 0.452. The van der Waals surface area contributed by atoms with Gasteiger partial charge in [-0.1, -0.05) is 24.3 Å². The molecule has 3 aromatic heterocycles. The number of nitrogens with zero attached hydrogens (tertiary/aromatic N) is 5. The van der Waals surface area contributed by atoms with Crippen molar-refractivity contribution in [3.8, 4) is 16.3 Å². The molecule has 1 aromatic carbocycles. The first-order valence-electron chi connectivity index (χ1n) is 10.2. The maximum atomic E-state index is 12.5. The molecule has 0 saturated carbocycles. The van der Waals surface area contributed by atoms with Crippen molar-refractivity contribution in [1.29, 1.82) is 0 Å². The number of aromatic nitrogens is 4. The number of carbonyl (C=O) groups is 1. The van der Waals surface area contributed by atoms with Crippen LogP contribution in [0.25, 0.3) is 16.3 Å². The molecule has 0 bridgehead atoms. The van der Waals surface area contributed by atoms with Crippen LogP contribution in [0.5, 0.6) is 0 Å². The van der Waals surface area contributed by atoms with Gasteiger partial charge in [-0.25, -0.2) is 14.6 Å². The summed E-state index contributed by atoms with van der Waals surface area (Å²) in [5, 5.41) is 9.85. The van der Waals surface area contributed by atoms with Crippen LogP contribution in [0.4, 0.5) is 5.82 Å². The van der Waals surface area contributed by atoms with Gasteiger partial charge < -0.3 is 10.2 Å². The van der Waals surface area contributed by atoms with Crippen LogP contribution in [0.15, 0.2) is 66.4 Å². The van der Waals surface area contributed by atoms with Gasteiger partial charge in [0.2, 0.25) is 0 Å². The lowest BCUT2D eigenvalue weighted by molar-refractivity contribution is 0.0946.